The summed E-state index contributed by atoms with van der Waals surface area (Å²) in [4.78, 5) is 13.3. The van der Waals surface area contributed by atoms with E-state index in [4.69, 9.17) is 0 Å². The first kappa shape index (κ1) is 23.2. The number of allylic oxidation sites excluding steroid dienone is 3. The zero-order valence-electron chi connectivity index (χ0n) is 20.5. The molecular formula is C28H44O3. The van der Waals surface area contributed by atoms with Crippen LogP contribution in [0.4, 0.5) is 0 Å². The monoisotopic (exact) mass is 428 g/mol. The van der Waals surface area contributed by atoms with Gasteiger partial charge in [0.2, 0.25) is 0 Å². The van der Waals surface area contributed by atoms with Crippen molar-refractivity contribution in [1.29, 1.82) is 0 Å². The van der Waals surface area contributed by atoms with Crippen molar-refractivity contribution in [1.82, 2.24) is 0 Å². The van der Waals surface area contributed by atoms with E-state index in [2.05, 4.69) is 53.7 Å². The summed E-state index contributed by atoms with van der Waals surface area (Å²) in [6.45, 7) is 13.9. The van der Waals surface area contributed by atoms with Crippen molar-refractivity contribution in [3.8, 4) is 0 Å². The Labute approximate surface area is 189 Å². The number of rotatable bonds is 4. The van der Waals surface area contributed by atoms with Crippen LogP contribution >= 0.6 is 0 Å². The average molecular weight is 429 g/mol. The van der Waals surface area contributed by atoms with Gasteiger partial charge in [-0.2, -0.15) is 0 Å². The SMILES string of the molecule is CC(C)C(C)C=CC(C)C1CCC2C3=CC(=O)C4(O)CC(O)CC[C@]4(C)C3CC[C@@]21C. The van der Waals surface area contributed by atoms with Crippen molar-refractivity contribution in [2.45, 2.75) is 98.2 Å². The van der Waals surface area contributed by atoms with Crippen molar-refractivity contribution in [3.63, 3.8) is 0 Å². The molecule has 0 aromatic carbocycles. The summed E-state index contributed by atoms with van der Waals surface area (Å²) >= 11 is 0. The van der Waals surface area contributed by atoms with Crippen LogP contribution in [0, 0.1) is 46.3 Å². The first-order chi connectivity index (χ1) is 14.4. The Morgan fingerprint density at radius 3 is 2.39 bits per heavy atom. The third kappa shape index (κ3) is 3.41. The third-order valence-corrected chi connectivity index (χ3v) is 10.5. The summed E-state index contributed by atoms with van der Waals surface area (Å²) in [5, 5.41) is 21.7. The topological polar surface area (TPSA) is 57.5 Å². The van der Waals surface area contributed by atoms with E-state index in [-0.39, 0.29) is 23.5 Å². The van der Waals surface area contributed by atoms with Gasteiger partial charge in [-0.15, -0.1) is 0 Å². The first-order valence-corrected chi connectivity index (χ1v) is 12.8. The second kappa shape index (κ2) is 7.83. The second-order valence-electron chi connectivity index (χ2n) is 12.4. The van der Waals surface area contributed by atoms with Gasteiger partial charge in [0.15, 0.2) is 5.78 Å². The molecule has 0 saturated heterocycles. The molecule has 0 amide bonds. The van der Waals surface area contributed by atoms with Gasteiger partial charge in [0.05, 0.1) is 6.10 Å². The number of carbonyl (C=O) groups excluding carboxylic acids is 1. The molecule has 4 aliphatic carbocycles. The van der Waals surface area contributed by atoms with Crippen LogP contribution in [0.5, 0.6) is 0 Å². The van der Waals surface area contributed by atoms with Crippen LogP contribution in [0.25, 0.3) is 0 Å². The van der Waals surface area contributed by atoms with E-state index >= 15 is 0 Å². The molecule has 0 aromatic rings. The lowest BCUT2D eigenvalue weighted by Gasteiger charge is -2.59. The molecular weight excluding hydrogens is 384 g/mol. The smallest absolute Gasteiger partial charge is 0.187 e. The number of hydrogen-bond acceptors (Lipinski definition) is 3. The Hall–Kier alpha value is -0.930. The van der Waals surface area contributed by atoms with Crippen molar-refractivity contribution in [2.75, 3.05) is 0 Å². The molecule has 3 fully saturated rings. The minimum atomic E-state index is -1.40. The molecule has 3 nitrogen and oxygen atoms in total. The highest BCUT2D eigenvalue weighted by Gasteiger charge is 2.65. The van der Waals surface area contributed by atoms with Crippen LogP contribution in [0.2, 0.25) is 0 Å². The van der Waals surface area contributed by atoms with Crippen molar-refractivity contribution >= 4 is 5.78 Å². The highest BCUT2D eigenvalue weighted by molar-refractivity contribution is 5.99. The molecule has 0 aromatic heterocycles. The molecule has 0 aliphatic heterocycles. The summed E-state index contributed by atoms with van der Waals surface area (Å²) < 4.78 is 0. The zero-order valence-corrected chi connectivity index (χ0v) is 20.5. The van der Waals surface area contributed by atoms with Crippen LogP contribution < -0.4 is 0 Å². The van der Waals surface area contributed by atoms with Gasteiger partial charge in [-0.3, -0.25) is 4.79 Å². The lowest BCUT2D eigenvalue weighted by molar-refractivity contribution is -0.180. The molecule has 3 heteroatoms. The number of aliphatic hydroxyl groups excluding tert-OH is 1. The van der Waals surface area contributed by atoms with E-state index in [1.165, 1.54) is 18.4 Å². The van der Waals surface area contributed by atoms with E-state index < -0.39 is 17.1 Å². The van der Waals surface area contributed by atoms with Crippen molar-refractivity contribution in [3.05, 3.63) is 23.8 Å². The molecule has 7 unspecified atom stereocenters. The third-order valence-electron chi connectivity index (χ3n) is 10.5. The predicted molar refractivity (Wildman–Crippen MR) is 125 cm³/mol. The van der Waals surface area contributed by atoms with Crippen LogP contribution in [-0.2, 0) is 4.79 Å². The van der Waals surface area contributed by atoms with Gasteiger partial charge < -0.3 is 10.2 Å². The van der Waals surface area contributed by atoms with Gasteiger partial charge in [0.1, 0.15) is 5.60 Å². The Morgan fingerprint density at radius 2 is 1.71 bits per heavy atom. The number of hydrogen-bond donors (Lipinski definition) is 2. The predicted octanol–water partition coefficient (Wildman–Crippen LogP) is 5.70. The standard InChI is InChI=1S/C28H44O3/c1-17(2)18(3)7-8-19(4)22-9-10-23-21-15-25(30)28(31)16-20(29)11-14-27(28,6)24(21)12-13-26(22,23)5/h7-8,15,17-20,22-24,29,31H,9-14,16H2,1-6H3/t18?,19?,20?,22?,23?,24?,26-,27-,28?/m1/s1. The molecule has 0 heterocycles. The van der Waals surface area contributed by atoms with Gasteiger partial charge in [0, 0.05) is 11.8 Å². The Morgan fingerprint density at radius 1 is 1.00 bits per heavy atom. The molecule has 174 valence electrons. The van der Waals surface area contributed by atoms with Gasteiger partial charge >= 0.3 is 0 Å². The first-order valence-electron chi connectivity index (χ1n) is 12.8. The lowest BCUT2D eigenvalue weighted by Crippen LogP contribution is -2.64. The number of carbonyl (C=O) groups is 1. The largest absolute Gasteiger partial charge is 0.393 e. The molecule has 0 bridgehead atoms. The van der Waals surface area contributed by atoms with E-state index in [1.807, 2.05) is 6.08 Å². The van der Waals surface area contributed by atoms with Crippen molar-refractivity contribution in [2.24, 2.45) is 46.3 Å². The van der Waals surface area contributed by atoms with Crippen LogP contribution in [-0.4, -0.2) is 27.7 Å². The van der Waals surface area contributed by atoms with Crippen molar-refractivity contribution < 1.29 is 15.0 Å². The maximum Gasteiger partial charge on any atom is 0.187 e. The van der Waals surface area contributed by atoms with E-state index in [0.29, 0.717) is 36.0 Å². The van der Waals surface area contributed by atoms with E-state index in [0.717, 1.165) is 19.3 Å². The Bertz CT molecular complexity index is 781. The van der Waals surface area contributed by atoms with Gasteiger partial charge in [-0.05, 0) is 85.5 Å². The average Bonchev–Trinajstić information content (AvgIpc) is 3.05. The summed E-state index contributed by atoms with van der Waals surface area (Å²) in [6.07, 6.45) is 12.4. The van der Waals surface area contributed by atoms with E-state index in [1.54, 1.807) is 0 Å². The second-order valence-corrected chi connectivity index (χ2v) is 12.4. The molecule has 4 aliphatic rings. The molecule has 0 spiro atoms. The number of fused-ring (bicyclic) bond motifs is 5. The van der Waals surface area contributed by atoms with Gasteiger partial charge in [-0.25, -0.2) is 0 Å². The zero-order chi connectivity index (χ0) is 22.8. The molecule has 9 atom stereocenters. The maximum atomic E-state index is 13.3. The summed E-state index contributed by atoms with van der Waals surface area (Å²) in [7, 11) is 0. The Balaban J connectivity index is 1.62. The fourth-order valence-electron chi connectivity index (χ4n) is 7.96. The minimum Gasteiger partial charge on any atom is -0.393 e. The normalized spacial score (nSPS) is 47.0. The highest BCUT2D eigenvalue weighted by Crippen LogP contribution is 2.67. The molecule has 0 radical (unpaired) electrons. The number of aliphatic hydroxyl groups is 2. The van der Waals surface area contributed by atoms with Gasteiger partial charge in [-0.1, -0.05) is 59.3 Å². The van der Waals surface area contributed by atoms with Crippen LogP contribution in [0.15, 0.2) is 23.8 Å². The molecule has 3 saturated carbocycles. The van der Waals surface area contributed by atoms with Crippen LogP contribution in [0.1, 0.15) is 86.5 Å². The van der Waals surface area contributed by atoms with Gasteiger partial charge in [0.25, 0.3) is 0 Å². The Kier molecular flexibility index (Phi) is 5.87. The fraction of sp³-hybridized carbons (Fsp3) is 0.821. The fourth-order valence-corrected chi connectivity index (χ4v) is 7.96. The molecule has 4 rings (SSSR count). The molecule has 2 N–H and O–H groups in total. The highest BCUT2D eigenvalue weighted by atomic mass is 16.3. The number of ketones is 1. The summed E-state index contributed by atoms with van der Waals surface area (Å²) in [6, 6.07) is 0. The quantitative estimate of drug-likeness (QED) is 0.564. The summed E-state index contributed by atoms with van der Waals surface area (Å²) in [5.41, 5.74) is -0.275. The van der Waals surface area contributed by atoms with Crippen LogP contribution in [0.3, 0.4) is 0 Å². The lowest BCUT2D eigenvalue weighted by atomic mass is 9.46. The molecule has 31 heavy (non-hydrogen) atoms. The maximum absolute atomic E-state index is 13.3. The van der Waals surface area contributed by atoms with E-state index in [9.17, 15) is 15.0 Å². The minimum absolute atomic E-state index is 0.147. The summed E-state index contributed by atoms with van der Waals surface area (Å²) in [5.74, 6) is 3.03.